The van der Waals surface area contributed by atoms with E-state index in [0.29, 0.717) is 12.5 Å². The van der Waals surface area contributed by atoms with Crippen LogP contribution >= 0.6 is 0 Å². The van der Waals surface area contributed by atoms with E-state index < -0.39 is 0 Å². The third-order valence-electron chi connectivity index (χ3n) is 4.02. The van der Waals surface area contributed by atoms with Crippen molar-refractivity contribution < 1.29 is 9.53 Å². The van der Waals surface area contributed by atoms with Crippen LogP contribution < -0.4 is 0 Å². The fraction of sp³-hybridized carbons (Fsp3) is 0.562. The summed E-state index contributed by atoms with van der Waals surface area (Å²) < 4.78 is 5.23. The van der Waals surface area contributed by atoms with Crippen LogP contribution in [-0.2, 0) is 16.1 Å². The Morgan fingerprint density at radius 2 is 2.00 bits per heavy atom. The minimum absolute atomic E-state index is 0.0525. The number of hydrogen-bond acceptors (Lipinski definition) is 2. The lowest BCUT2D eigenvalue weighted by Gasteiger charge is -2.28. The van der Waals surface area contributed by atoms with Crippen LogP contribution in [0.4, 0.5) is 0 Å². The Balaban J connectivity index is 2.22. The van der Waals surface area contributed by atoms with E-state index in [1.165, 1.54) is 37.7 Å². The van der Waals surface area contributed by atoms with E-state index in [4.69, 9.17) is 4.74 Å². The zero-order valence-corrected chi connectivity index (χ0v) is 11.1. The van der Waals surface area contributed by atoms with E-state index in [9.17, 15) is 4.79 Å². The molecule has 1 aliphatic carbocycles. The van der Waals surface area contributed by atoms with Crippen molar-refractivity contribution in [2.45, 2.75) is 44.6 Å². The second-order valence-corrected chi connectivity index (χ2v) is 5.19. The van der Waals surface area contributed by atoms with Gasteiger partial charge in [-0.05, 0) is 29.9 Å². The van der Waals surface area contributed by atoms with Crippen molar-refractivity contribution in [2.75, 3.05) is 7.11 Å². The Morgan fingerprint density at radius 1 is 1.28 bits per heavy atom. The monoisotopic (exact) mass is 246 g/mol. The molecule has 0 N–H and O–H groups in total. The van der Waals surface area contributed by atoms with Crippen LogP contribution in [0.3, 0.4) is 0 Å². The molecule has 0 bridgehead atoms. The Morgan fingerprint density at radius 3 is 2.67 bits per heavy atom. The van der Waals surface area contributed by atoms with Gasteiger partial charge in [0.15, 0.2) is 0 Å². The summed E-state index contributed by atoms with van der Waals surface area (Å²) in [5.41, 5.74) is 2.32. The standard InChI is InChI=1S/C16H22O2/c1-18-12-14-9-5-6-10-15(14)16(11-17)13-7-3-2-4-8-13/h5-6,9-11,13,16H,2-4,7-8,12H2,1H3. The molecule has 1 atom stereocenters. The molecule has 18 heavy (non-hydrogen) atoms. The van der Waals surface area contributed by atoms with Crippen LogP contribution in [0.25, 0.3) is 0 Å². The Kier molecular flexibility index (Phi) is 4.94. The smallest absolute Gasteiger partial charge is 0.127 e. The van der Waals surface area contributed by atoms with E-state index in [2.05, 4.69) is 12.1 Å². The normalized spacial score (nSPS) is 18.5. The zero-order valence-electron chi connectivity index (χ0n) is 11.1. The molecule has 2 heteroatoms. The Bertz CT molecular complexity index is 380. The van der Waals surface area contributed by atoms with E-state index in [0.717, 1.165) is 11.8 Å². The minimum Gasteiger partial charge on any atom is -0.380 e. The Labute approximate surface area is 109 Å². The number of methoxy groups -OCH3 is 1. The predicted octanol–water partition coefficient (Wildman–Crippen LogP) is 3.70. The molecule has 1 saturated carbocycles. The highest BCUT2D eigenvalue weighted by molar-refractivity contribution is 5.64. The van der Waals surface area contributed by atoms with E-state index in [1.54, 1.807) is 7.11 Å². The lowest BCUT2D eigenvalue weighted by Crippen LogP contribution is -2.19. The molecule has 0 spiro atoms. The topological polar surface area (TPSA) is 26.3 Å². The van der Waals surface area contributed by atoms with Gasteiger partial charge in [-0.25, -0.2) is 0 Å². The van der Waals surface area contributed by atoms with Gasteiger partial charge in [0.2, 0.25) is 0 Å². The maximum Gasteiger partial charge on any atom is 0.127 e. The van der Waals surface area contributed by atoms with E-state index in [1.807, 2.05) is 12.1 Å². The molecule has 98 valence electrons. The molecule has 2 nitrogen and oxygen atoms in total. The third kappa shape index (κ3) is 2.99. The number of aldehydes is 1. The van der Waals surface area contributed by atoms with Crippen LogP contribution in [-0.4, -0.2) is 13.4 Å². The molecule has 1 aliphatic rings. The summed E-state index contributed by atoms with van der Waals surface area (Å²) in [7, 11) is 1.70. The highest BCUT2D eigenvalue weighted by Crippen LogP contribution is 2.36. The first-order chi connectivity index (χ1) is 8.86. The quantitative estimate of drug-likeness (QED) is 0.740. The zero-order chi connectivity index (χ0) is 12.8. The number of ether oxygens (including phenoxy) is 1. The van der Waals surface area contributed by atoms with Gasteiger partial charge in [0.1, 0.15) is 6.29 Å². The highest BCUT2D eigenvalue weighted by Gasteiger charge is 2.26. The highest BCUT2D eigenvalue weighted by atomic mass is 16.5. The van der Waals surface area contributed by atoms with Crippen LogP contribution in [0.1, 0.15) is 49.1 Å². The number of rotatable bonds is 5. The van der Waals surface area contributed by atoms with E-state index >= 15 is 0 Å². The SMILES string of the molecule is COCc1ccccc1C(C=O)C1CCCCC1. The summed E-state index contributed by atoms with van der Waals surface area (Å²) in [5, 5.41) is 0. The molecule has 1 fully saturated rings. The van der Waals surface area contributed by atoms with Gasteiger partial charge in [0, 0.05) is 13.0 Å². The first kappa shape index (κ1) is 13.3. The summed E-state index contributed by atoms with van der Waals surface area (Å²) in [6.45, 7) is 0.591. The van der Waals surface area contributed by atoms with Crippen LogP contribution in [0.15, 0.2) is 24.3 Å². The van der Waals surface area contributed by atoms with Gasteiger partial charge in [-0.1, -0.05) is 43.5 Å². The third-order valence-corrected chi connectivity index (χ3v) is 4.02. The number of carbonyl (C=O) groups excluding carboxylic acids is 1. The van der Waals surface area contributed by atoms with Gasteiger partial charge in [0.05, 0.1) is 6.61 Å². The van der Waals surface area contributed by atoms with Crippen molar-refractivity contribution in [3.8, 4) is 0 Å². The van der Waals surface area contributed by atoms with Crippen molar-refractivity contribution in [3.05, 3.63) is 35.4 Å². The van der Waals surface area contributed by atoms with Gasteiger partial charge >= 0.3 is 0 Å². The second-order valence-electron chi connectivity index (χ2n) is 5.19. The maximum absolute atomic E-state index is 11.5. The molecule has 1 aromatic rings. The van der Waals surface area contributed by atoms with Crippen molar-refractivity contribution in [3.63, 3.8) is 0 Å². The van der Waals surface area contributed by atoms with Crippen LogP contribution in [0, 0.1) is 5.92 Å². The molecule has 0 heterocycles. The van der Waals surface area contributed by atoms with Gasteiger partial charge < -0.3 is 9.53 Å². The summed E-state index contributed by atoms with van der Waals surface area (Å²) in [5.74, 6) is 0.575. The number of benzene rings is 1. The summed E-state index contributed by atoms with van der Waals surface area (Å²) >= 11 is 0. The average Bonchev–Trinajstić information content (AvgIpc) is 2.43. The van der Waals surface area contributed by atoms with Crippen LogP contribution in [0.5, 0.6) is 0 Å². The largest absolute Gasteiger partial charge is 0.380 e. The van der Waals surface area contributed by atoms with Crippen LogP contribution in [0.2, 0.25) is 0 Å². The number of carbonyl (C=O) groups is 1. The molecule has 0 radical (unpaired) electrons. The molecule has 1 aromatic carbocycles. The molecule has 0 saturated heterocycles. The molecular formula is C16H22O2. The average molecular weight is 246 g/mol. The first-order valence-electron chi connectivity index (χ1n) is 6.89. The van der Waals surface area contributed by atoms with E-state index in [-0.39, 0.29) is 5.92 Å². The molecular weight excluding hydrogens is 224 g/mol. The predicted molar refractivity (Wildman–Crippen MR) is 72.5 cm³/mol. The molecule has 1 unspecified atom stereocenters. The van der Waals surface area contributed by atoms with Crippen molar-refractivity contribution in [1.29, 1.82) is 0 Å². The summed E-state index contributed by atoms with van der Waals surface area (Å²) in [6, 6.07) is 8.19. The van der Waals surface area contributed by atoms with Crippen molar-refractivity contribution in [2.24, 2.45) is 5.92 Å². The minimum atomic E-state index is 0.0525. The van der Waals surface area contributed by atoms with Gasteiger partial charge in [-0.2, -0.15) is 0 Å². The fourth-order valence-electron chi connectivity index (χ4n) is 3.08. The van der Waals surface area contributed by atoms with Gasteiger partial charge in [0.25, 0.3) is 0 Å². The summed E-state index contributed by atoms with van der Waals surface area (Å²) in [6.07, 6.45) is 7.37. The first-order valence-corrected chi connectivity index (χ1v) is 6.89. The molecule has 0 aromatic heterocycles. The lowest BCUT2D eigenvalue weighted by atomic mass is 9.76. The summed E-state index contributed by atoms with van der Waals surface area (Å²) in [4.78, 5) is 11.5. The molecule has 0 amide bonds. The number of hydrogen-bond donors (Lipinski definition) is 0. The van der Waals surface area contributed by atoms with Crippen molar-refractivity contribution in [1.82, 2.24) is 0 Å². The van der Waals surface area contributed by atoms with Gasteiger partial charge in [-0.15, -0.1) is 0 Å². The lowest BCUT2D eigenvalue weighted by molar-refractivity contribution is -0.110. The van der Waals surface area contributed by atoms with Crippen molar-refractivity contribution >= 4 is 6.29 Å². The maximum atomic E-state index is 11.5. The molecule has 2 rings (SSSR count). The van der Waals surface area contributed by atoms with Gasteiger partial charge in [-0.3, -0.25) is 0 Å². The Hall–Kier alpha value is -1.15. The molecule has 0 aliphatic heterocycles. The fourth-order valence-corrected chi connectivity index (χ4v) is 3.08. The second kappa shape index (κ2) is 6.69.